The first-order valence-corrected chi connectivity index (χ1v) is 9.20. The Balaban J connectivity index is 1.92. The lowest BCUT2D eigenvalue weighted by Crippen LogP contribution is -2.37. The maximum absolute atomic E-state index is 12.2. The summed E-state index contributed by atoms with van der Waals surface area (Å²) in [6, 6.07) is 15.7. The summed E-state index contributed by atoms with van der Waals surface area (Å²) >= 11 is 5.26. The third-order valence-electron chi connectivity index (χ3n) is 3.98. The van der Waals surface area contributed by atoms with Crippen molar-refractivity contribution in [2.24, 2.45) is 0 Å². The summed E-state index contributed by atoms with van der Waals surface area (Å²) < 4.78 is 5.67. The van der Waals surface area contributed by atoms with Gasteiger partial charge in [0.2, 0.25) is 0 Å². The van der Waals surface area contributed by atoms with E-state index in [1.54, 1.807) is 0 Å². The predicted octanol–water partition coefficient (Wildman–Crippen LogP) is 4.83. The van der Waals surface area contributed by atoms with Crippen molar-refractivity contribution in [3.63, 3.8) is 0 Å². The molecule has 0 bridgehead atoms. The van der Waals surface area contributed by atoms with Crippen molar-refractivity contribution in [3.05, 3.63) is 59.7 Å². The van der Waals surface area contributed by atoms with Crippen LogP contribution in [0.4, 0.5) is 5.69 Å². The van der Waals surface area contributed by atoms with Gasteiger partial charge in [-0.3, -0.25) is 10.1 Å². The fourth-order valence-corrected chi connectivity index (χ4v) is 2.89. The summed E-state index contributed by atoms with van der Waals surface area (Å²) in [7, 11) is 0. The molecule has 2 aromatic carbocycles. The van der Waals surface area contributed by atoms with E-state index in [0.717, 1.165) is 22.6 Å². The highest BCUT2D eigenvalue weighted by Gasteiger charge is 2.12. The van der Waals surface area contributed by atoms with Crippen LogP contribution >= 0.6 is 12.2 Å². The third-order valence-corrected chi connectivity index (χ3v) is 4.19. The molecule has 0 aliphatic rings. The number of carbonyl (C=O) groups excluding carboxylic acids is 1. The van der Waals surface area contributed by atoms with Crippen molar-refractivity contribution in [3.8, 4) is 5.75 Å². The van der Waals surface area contributed by atoms with Gasteiger partial charge < -0.3 is 10.1 Å². The molecule has 0 radical (unpaired) electrons. The molecule has 2 rings (SSSR count). The molecule has 0 aliphatic heterocycles. The van der Waals surface area contributed by atoms with Crippen LogP contribution in [0.3, 0.4) is 0 Å². The molecule has 4 nitrogen and oxygen atoms in total. The molecule has 0 saturated heterocycles. The fourth-order valence-electron chi connectivity index (χ4n) is 2.66. The van der Waals surface area contributed by atoms with E-state index < -0.39 is 0 Å². The Hall–Kier alpha value is -2.40. The number of thiocarbonyl (C=S) groups is 1. The van der Waals surface area contributed by atoms with E-state index in [1.807, 2.05) is 48.5 Å². The summed E-state index contributed by atoms with van der Waals surface area (Å²) in [5.41, 5.74) is 3.12. The van der Waals surface area contributed by atoms with Crippen LogP contribution in [0.15, 0.2) is 48.5 Å². The smallest absolute Gasteiger partial charge is 0.264 e. The van der Waals surface area contributed by atoms with Crippen LogP contribution in [-0.2, 0) is 4.79 Å². The first-order chi connectivity index (χ1) is 12.4. The number of hydrogen-bond acceptors (Lipinski definition) is 3. The predicted molar refractivity (Wildman–Crippen MR) is 111 cm³/mol. The normalized spacial score (nSPS) is 10.7. The summed E-state index contributed by atoms with van der Waals surface area (Å²) in [5.74, 6) is 1.11. The van der Waals surface area contributed by atoms with E-state index in [2.05, 4.69) is 38.3 Å². The number of ether oxygens (including phenoxy) is 1. The molecule has 0 unspecified atom stereocenters. The topological polar surface area (TPSA) is 50.4 Å². The molecule has 5 heteroatoms. The monoisotopic (exact) mass is 370 g/mol. The Bertz CT molecular complexity index is 772. The lowest BCUT2D eigenvalue weighted by atomic mass is 10.0. The first-order valence-electron chi connectivity index (χ1n) is 8.80. The van der Waals surface area contributed by atoms with Crippen molar-refractivity contribution in [1.29, 1.82) is 0 Å². The average Bonchev–Trinajstić information content (AvgIpc) is 2.60. The number of anilines is 1. The summed E-state index contributed by atoms with van der Waals surface area (Å²) in [5, 5.41) is 6.03. The Labute approximate surface area is 161 Å². The maximum Gasteiger partial charge on any atom is 0.264 e. The van der Waals surface area contributed by atoms with Crippen molar-refractivity contribution < 1.29 is 9.53 Å². The SMILES string of the molecule is CC(C)c1ccccc1NC(=S)NC(=O)COc1ccccc1C(C)C. The Morgan fingerprint density at radius 2 is 1.54 bits per heavy atom. The molecule has 0 atom stereocenters. The second-order valence-electron chi connectivity index (χ2n) is 6.73. The van der Waals surface area contributed by atoms with E-state index in [4.69, 9.17) is 17.0 Å². The summed E-state index contributed by atoms with van der Waals surface area (Å²) in [4.78, 5) is 12.2. The molecule has 0 fully saturated rings. The number of amides is 1. The van der Waals surface area contributed by atoms with Crippen LogP contribution in [0.25, 0.3) is 0 Å². The number of carbonyl (C=O) groups is 1. The van der Waals surface area contributed by atoms with Gasteiger partial charge in [0.15, 0.2) is 11.7 Å². The van der Waals surface area contributed by atoms with Crippen molar-refractivity contribution >= 4 is 28.9 Å². The van der Waals surface area contributed by atoms with Crippen LogP contribution < -0.4 is 15.4 Å². The van der Waals surface area contributed by atoms with Crippen molar-refractivity contribution in [1.82, 2.24) is 5.32 Å². The number of hydrogen-bond donors (Lipinski definition) is 2. The molecule has 2 aromatic rings. The fraction of sp³-hybridized carbons (Fsp3) is 0.333. The number of para-hydroxylation sites is 2. The highest BCUT2D eigenvalue weighted by molar-refractivity contribution is 7.80. The lowest BCUT2D eigenvalue weighted by molar-refractivity contribution is -0.121. The van der Waals surface area contributed by atoms with Gasteiger partial charge in [-0.2, -0.15) is 0 Å². The van der Waals surface area contributed by atoms with Gasteiger partial charge in [0.1, 0.15) is 5.75 Å². The van der Waals surface area contributed by atoms with Gasteiger partial charge in [0, 0.05) is 5.69 Å². The average molecular weight is 371 g/mol. The van der Waals surface area contributed by atoms with Gasteiger partial charge >= 0.3 is 0 Å². The molecule has 0 aromatic heterocycles. The van der Waals surface area contributed by atoms with E-state index >= 15 is 0 Å². The van der Waals surface area contributed by atoms with E-state index in [1.165, 1.54) is 0 Å². The minimum Gasteiger partial charge on any atom is -0.483 e. The van der Waals surface area contributed by atoms with Gasteiger partial charge in [0.05, 0.1) is 0 Å². The van der Waals surface area contributed by atoms with Crippen LogP contribution in [0, 0.1) is 0 Å². The quantitative estimate of drug-likeness (QED) is 0.716. The molecule has 0 aliphatic carbocycles. The van der Waals surface area contributed by atoms with Crippen LogP contribution in [0.1, 0.15) is 50.7 Å². The zero-order chi connectivity index (χ0) is 19.1. The van der Waals surface area contributed by atoms with Crippen molar-refractivity contribution in [2.45, 2.75) is 39.5 Å². The summed E-state index contributed by atoms with van der Waals surface area (Å²) in [6.45, 7) is 8.32. The van der Waals surface area contributed by atoms with Crippen molar-refractivity contribution in [2.75, 3.05) is 11.9 Å². The molecule has 0 saturated carbocycles. The highest BCUT2D eigenvalue weighted by Crippen LogP contribution is 2.26. The second kappa shape index (κ2) is 9.34. The highest BCUT2D eigenvalue weighted by atomic mass is 32.1. The standard InChI is InChI=1S/C21H26N2O2S/c1-14(2)16-9-5-7-11-18(16)22-21(26)23-20(24)13-25-19-12-8-6-10-17(19)15(3)4/h5-12,14-15H,13H2,1-4H3,(H2,22,23,24,26). The molecule has 26 heavy (non-hydrogen) atoms. The third kappa shape index (κ3) is 5.56. The first kappa shape index (κ1) is 19.9. The van der Waals surface area contributed by atoms with Crippen LogP contribution in [0.5, 0.6) is 5.75 Å². The molecule has 2 N–H and O–H groups in total. The van der Waals surface area contributed by atoms with E-state index in [-0.39, 0.29) is 17.6 Å². The minimum atomic E-state index is -0.289. The Morgan fingerprint density at radius 1 is 0.962 bits per heavy atom. The summed E-state index contributed by atoms with van der Waals surface area (Å²) in [6.07, 6.45) is 0. The Morgan fingerprint density at radius 3 is 2.19 bits per heavy atom. The lowest BCUT2D eigenvalue weighted by Gasteiger charge is -2.16. The zero-order valence-corrected chi connectivity index (χ0v) is 16.5. The van der Waals surface area contributed by atoms with E-state index in [0.29, 0.717) is 11.8 Å². The zero-order valence-electron chi connectivity index (χ0n) is 15.7. The number of benzene rings is 2. The molecule has 0 heterocycles. The molecule has 1 amide bonds. The number of rotatable bonds is 6. The number of nitrogens with one attached hydrogen (secondary N) is 2. The van der Waals surface area contributed by atoms with Gasteiger partial charge in [-0.05, 0) is 47.3 Å². The minimum absolute atomic E-state index is 0.0859. The molecule has 138 valence electrons. The Kier molecular flexibility index (Phi) is 7.16. The van der Waals surface area contributed by atoms with Gasteiger partial charge in [-0.1, -0.05) is 64.1 Å². The van der Waals surface area contributed by atoms with Gasteiger partial charge in [-0.15, -0.1) is 0 Å². The van der Waals surface area contributed by atoms with Crippen LogP contribution in [0.2, 0.25) is 0 Å². The van der Waals surface area contributed by atoms with E-state index in [9.17, 15) is 4.79 Å². The second-order valence-corrected chi connectivity index (χ2v) is 7.13. The van der Waals surface area contributed by atoms with Gasteiger partial charge in [-0.25, -0.2) is 0 Å². The van der Waals surface area contributed by atoms with Gasteiger partial charge in [0.25, 0.3) is 5.91 Å². The molecular weight excluding hydrogens is 344 g/mol. The maximum atomic E-state index is 12.2. The van der Waals surface area contributed by atoms with Crippen LogP contribution in [-0.4, -0.2) is 17.6 Å². The molecule has 0 spiro atoms. The molecular formula is C21H26N2O2S. The largest absolute Gasteiger partial charge is 0.483 e.